The summed E-state index contributed by atoms with van der Waals surface area (Å²) in [4.78, 5) is 2.02. The van der Waals surface area contributed by atoms with Crippen LogP contribution in [0, 0.1) is 0 Å². The summed E-state index contributed by atoms with van der Waals surface area (Å²) >= 11 is 1.51. The zero-order valence-electron chi connectivity index (χ0n) is 8.97. The van der Waals surface area contributed by atoms with Crippen molar-refractivity contribution in [3.05, 3.63) is 21.9 Å². The van der Waals surface area contributed by atoms with Crippen LogP contribution >= 0.6 is 11.3 Å². The summed E-state index contributed by atoms with van der Waals surface area (Å²) < 4.78 is 36.1. The second-order valence-electron chi connectivity index (χ2n) is 3.44. The summed E-state index contributed by atoms with van der Waals surface area (Å²) in [6, 6.07) is 3.36. The van der Waals surface area contributed by atoms with Crippen molar-refractivity contribution in [3.63, 3.8) is 0 Å². The summed E-state index contributed by atoms with van der Waals surface area (Å²) in [5.74, 6) is 0. The highest BCUT2D eigenvalue weighted by atomic mass is 32.1. The molecule has 1 unspecified atom stereocenters. The number of halogens is 3. The average Bonchev–Trinajstić information content (AvgIpc) is 2.65. The summed E-state index contributed by atoms with van der Waals surface area (Å²) in [7, 11) is 0. The molecular formula is C10H15F3N2S. The predicted molar refractivity (Wildman–Crippen MR) is 59.6 cm³/mol. The molecule has 0 amide bonds. The van der Waals surface area contributed by atoms with Gasteiger partial charge in [0.15, 0.2) is 0 Å². The van der Waals surface area contributed by atoms with E-state index in [2.05, 4.69) is 5.32 Å². The number of aryl methyl sites for hydroxylation is 1. The molecule has 2 nitrogen and oxygen atoms in total. The van der Waals surface area contributed by atoms with Gasteiger partial charge in [-0.3, -0.25) is 5.32 Å². The Balaban J connectivity index is 2.60. The van der Waals surface area contributed by atoms with Gasteiger partial charge in [-0.1, -0.05) is 6.92 Å². The Morgan fingerprint density at radius 1 is 1.44 bits per heavy atom. The molecule has 3 N–H and O–H groups in total. The number of nitrogens with one attached hydrogen (secondary N) is 1. The molecule has 0 spiro atoms. The van der Waals surface area contributed by atoms with Crippen molar-refractivity contribution in [2.24, 2.45) is 5.73 Å². The van der Waals surface area contributed by atoms with Crippen LogP contribution < -0.4 is 11.1 Å². The van der Waals surface area contributed by atoms with Crippen LogP contribution in [0.1, 0.15) is 22.7 Å². The Bertz CT molecular complexity index is 322. The Hall–Kier alpha value is -0.590. The average molecular weight is 252 g/mol. The number of hydrogen-bond donors (Lipinski definition) is 2. The van der Waals surface area contributed by atoms with E-state index in [0.29, 0.717) is 0 Å². The second-order valence-corrected chi connectivity index (χ2v) is 4.64. The highest BCUT2D eigenvalue weighted by molar-refractivity contribution is 7.12. The lowest BCUT2D eigenvalue weighted by atomic mass is 10.2. The van der Waals surface area contributed by atoms with Gasteiger partial charge in [0.2, 0.25) is 0 Å². The summed E-state index contributed by atoms with van der Waals surface area (Å²) in [5.41, 5.74) is 5.46. The molecule has 16 heavy (non-hydrogen) atoms. The van der Waals surface area contributed by atoms with Crippen LogP contribution in [0.3, 0.4) is 0 Å². The minimum absolute atomic E-state index is 0.166. The van der Waals surface area contributed by atoms with E-state index < -0.39 is 18.8 Å². The van der Waals surface area contributed by atoms with Gasteiger partial charge in [0.25, 0.3) is 0 Å². The Labute approximate surface area is 96.6 Å². The molecule has 1 aromatic rings. The fourth-order valence-corrected chi connectivity index (χ4v) is 2.35. The van der Waals surface area contributed by atoms with Gasteiger partial charge in [-0.15, -0.1) is 11.3 Å². The molecule has 0 aromatic carbocycles. The Morgan fingerprint density at radius 3 is 2.56 bits per heavy atom. The smallest absolute Gasteiger partial charge is 0.329 e. The molecule has 1 atom stereocenters. The highest BCUT2D eigenvalue weighted by Gasteiger charge is 2.28. The van der Waals surface area contributed by atoms with Gasteiger partial charge in [-0.05, 0) is 18.6 Å². The van der Waals surface area contributed by atoms with E-state index in [9.17, 15) is 13.2 Å². The van der Waals surface area contributed by atoms with E-state index in [0.717, 1.165) is 16.2 Å². The van der Waals surface area contributed by atoms with E-state index in [1.165, 1.54) is 11.3 Å². The fourth-order valence-electron chi connectivity index (χ4n) is 1.31. The normalized spacial score (nSPS) is 14.1. The van der Waals surface area contributed by atoms with E-state index in [-0.39, 0.29) is 6.54 Å². The summed E-state index contributed by atoms with van der Waals surface area (Å²) in [6.07, 6.45) is -3.31. The number of alkyl halides is 3. The van der Waals surface area contributed by atoms with E-state index >= 15 is 0 Å². The number of rotatable bonds is 5. The molecule has 0 aliphatic rings. The lowest BCUT2D eigenvalue weighted by Crippen LogP contribution is -2.35. The molecule has 0 saturated carbocycles. The van der Waals surface area contributed by atoms with Crippen molar-refractivity contribution < 1.29 is 13.2 Å². The van der Waals surface area contributed by atoms with Gasteiger partial charge in [0.05, 0.1) is 12.6 Å². The molecule has 1 aromatic heterocycles. The molecule has 0 bridgehead atoms. The van der Waals surface area contributed by atoms with Crippen LogP contribution in [0.2, 0.25) is 0 Å². The van der Waals surface area contributed by atoms with Crippen molar-refractivity contribution >= 4 is 11.3 Å². The molecule has 0 aliphatic heterocycles. The van der Waals surface area contributed by atoms with Crippen LogP contribution in [0.25, 0.3) is 0 Å². The lowest BCUT2D eigenvalue weighted by molar-refractivity contribution is -0.126. The molecule has 0 saturated heterocycles. The first-order valence-electron chi connectivity index (χ1n) is 5.05. The minimum atomic E-state index is -4.20. The molecule has 0 aliphatic carbocycles. The van der Waals surface area contributed by atoms with E-state index in [1.54, 1.807) is 0 Å². The SMILES string of the molecule is CCc1ccc(C(CN)NCC(F)(F)F)s1. The summed E-state index contributed by atoms with van der Waals surface area (Å²) in [5, 5.41) is 2.42. The van der Waals surface area contributed by atoms with Gasteiger partial charge in [-0.2, -0.15) is 13.2 Å². The maximum Gasteiger partial charge on any atom is 0.401 e. The maximum atomic E-state index is 12.0. The number of hydrogen-bond acceptors (Lipinski definition) is 3. The first-order chi connectivity index (χ1) is 7.46. The standard InChI is InChI=1S/C10H15F3N2S/c1-2-7-3-4-9(16-7)8(5-14)15-6-10(11,12)13/h3-4,8,15H,2,5-6,14H2,1H3. The quantitative estimate of drug-likeness (QED) is 0.844. The second kappa shape index (κ2) is 5.65. The monoisotopic (exact) mass is 252 g/mol. The topological polar surface area (TPSA) is 38.0 Å². The maximum absolute atomic E-state index is 12.0. The number of thiophene rings is 1. The van der Waals surface area contributed by atoms with Crippen molar-refractivity contribution in [1.82, 2.24) is 5.32 Å². The molecule has 1 heterocycles. The molecule has 92 valence electrons. The molecule has 1 rings (SSSR count). The van der Waals surface area contributed by atoms with Crippen molar-refractivity contribution in [1.29, 1.82) is 0 Å². The highest BCUT2D eigenvalue weighted by Crippen LogP contribution is 2.24. The third-order valence-electron chi connectivity index (χ3n) is 2.16. The van der Waals surface area contributed by atoms with Crippen molar-refractivity contribution in [2.45, 2.75) is 25.6 Å². The third kappa shape index (κ3) is 4.11. The Morgan fingerprint density at radius 2 is 2.12 bits per heavy atom. The van der Waals surface area contributed by atoms with Crippen LogP contribution in [0.5, 0.6) is 0 Å². The summed E-state index contributed by atoms with van der Waals surface area (Å²) in [6.45, 7) is 1.17. The predicted octanol–water partition coefficient (Wildman–Crippen LogP) is 2.46. The zero-order valence-corrected chi connectivity index (χ0v) is 9.79. The molecule has 0 radical (unpaired) electrons. The largest absolute Gasteiger partial charge is 0.401 e. The molecule has 6 heteroatoms. The van der Waals surface area contributed by atoms with Crippen LogP contribution in [0.15, 0.2) is 12.1 Å². The minimum Gasteiger partial charge on any atom is -0.329 e. The first-order valence-corrected chi connectivity index (χ1v) is 5.86. The van der Waals surface area contributed by atoms with Crippen LogP contribution in [0.4, 0.5) is 13.2 Å². The van der Waals surface area contributed by atoms with Crippen LogP contribution in [-0.4, -0.2) is 19.3 Å². The fraction of sp³-hybridized carbons (Fsp3) is 0.600. The van der Waals surface area contributed by atoms with Crippen molar-refractivity contribution in [3.8, 4) is 0 Å². The molecular weight excluding hydrogens is 237 g/mol. The first kappa shape index (κ1) is 13.5. The van der Waals surface area contributed by atoms with Gasteiger partial charge < -0.3 is 5.73 Å². The third-order valence-corrected chi connectivity index (χ3v) is 3.50. The van der Waals surface area contributed by atoms with Gasteiger partial charge in [0.1, 0.15) is 0 Å². The lowest BCUT2D eigenvalue weighted by Gasteiger charge is -2.16. The van der Waals surface area contributed by atoms with Gasteiger partial charge in [0, 0.05) is 16.3 Å². The van der Waals surface area contributed by atoms with E-state index in [4.69, 9.17) is 5.73 Å². The van der Waals surface area contributed by atoms with Crippen molar-refractivity contribution in [2.75, 3.05) is 13.1 Å². The van der Waals surface area contributed by atoms with Gasteiger partial charge in [-0.25, -0.2) is 0 Å². The van der Waals surface area contributed by atoms with Crippen LogP contribution in [-0.2, 0) is 6.42 Å². The number of nitrogens with two attached hydrogens (primary N) is 1. The Kier molecular flexibility index (Phi) is 4.76. The zero-order chi connectivity index (χ0) is 12.2. The van der Waals surface area contributed by atoms with E-state index in [1.807, 2.05) is 19.1 Å². The molecule has 0 fully saturated rings. The van der Waals surface area contributed by atoms with Gasteiger partial charge >= 0.3 is 6.18 Å².